The van der Waals surface area contributed by atoms with Crippen molar-refractivity contribution in [3.8, 4) is 11.5 Å². The number of aryl methyl sites for hydroxylation is 1. The molecule has 3 aromatic rings. The topological polar surface area (TPSA) is 84.9 Å². The van der Waals surface area contributed by atoms with Gasteiger partial charge in [-0.3, -0.25) is 9.10 Å². The first-order valence-electron chi connectivity index (χ1n) is 10.5. The average molecular weight is 469 g/mol. The van der Waals surface area contributed by atoms with Crippen molar-refractivity contribution in [1.82, 2.24) is 5.32 Å². The Morgan fingerprint density at radius 3 is 2.27 bits per heavy atom. The summed E-state index contributed by atoms with van der Waals surface area (Å²) in [4.78, 5) is 12.9. The van der Waals surface area contributed by atoms with Crippen molar-refractivity contribution in [3.63, 3.8) is 0 Å². The van der Waals surface area contributed by atoms with Crippen molar-refractivity contribution in [2.75, 3.05) is 31.6 Å². The second-order valence-corrected chi connectivity index (χ2v) is 9.31. The summed E-state index contributed by atoms with van der Waals surface area (Å²) in [6, 6.07) is 20.8. The SMILES string of the molecule is COc1ccc(CCNC(=O)CN(c2cc(C)ccc2OC)S(=O)(=O)c2ccccc2)cc1. The highest BCUT2D eigenvalue weighted by Crippen LogP contribution is 2.33. The van der Waals surface area contributed by atoms with E-state index in [1.54, 1.807) is 37.4 Å². The number of methoxy groups -OCH3 is 2. The Balaban J connectivity index is 1.81. The minimum Gasteiger partial charge on any atom is -0.497 e. The first kappa shape index (κ1) is 24.1. The van der Waals surface area contributed by atoms with Gasteiger partial charge in [0.2, 0.25) is 5.91 Å². The van der Waals surface area contributed by atoms with Crippen LogP contribution in [0, 0.1) is 6.92 Å². The van der Waals surface area contributed by atoms with Gasteiger partial charge in [-0.1, -0.05) is 36.4 Å². The Hall–Kier alpha value is -3.52. The summed E-state index contributed by atoms with van der Waals surface area (Å²) in [6.45, 7) is 1.85. The Morgan fingerprint density at radius 2 is 1.64 bits per heavy atom. The number of sulfonamides is 1. The first-order valence-corrected chi connectivity index (χ1v) is 11.9. The van der Waals surface area contributed by atoms with Gasteiger partial charge in [0.05, 0.1) is 24.8 Å². The molecule has 0 aliphatic heterocycles. The van der Waals surface area contributed by atoms with Crippen LogP contribution in [0.15, 0.2) is 77.7 Å². The van der Waals surface area contributed by atoms with E-state index < -0.39 is 15.9 Å². The number of carbonyl (C=O) groups excluding carboxylic acids is 1. The van der Waals surface area contributed by atoms with E-state index >= 15 is 0 Å². The molecule has 0 saturated carbocycles. The summed E-state index contributed by atoms with van der Waals surface area (Å²) in [5.74, 6) is 0.717. The van der Waals surface area contributed by atoms with E-state index in [1.807, 2.05) is 37.3 Å². The van der Waals surface area contributed by atoms with Gasteiger partial charge in [-0.2, -0.15) is 0 Å². The highest BCUT2D eigenvalue weighted by atomic mass is 32.2. The Labute approximate surface area is 195 Å². The zero-order valence-corrected chi connectivity index (χ0v) is 19.8. The largest absolute Gasteiger partial charge is 0.497 e. The maximum Gasteiger partial charge on any atom is 0.264 e. The molecule has 1 N–H and O–H groups in total. The van der Waals surface area contributed by atoms with E-state index in [9.17, 15) is 13.2 Å². The van der Waals surface area contributed by atoms with Crippen LogP contribution in [0.25, 0.3) is 0 Å². The monoisotopic (exact) mass is 468 g/mol. The number of ether oxygens (including phenoxy) is 2. The van der Waals surface area contributed by atoms with Crippen LogP contribution in [-0.2, 0) is 21.2 Å². The van der Waals surface area contributed by atoms with Gasteiger partial charge >= 0.3 is 0 Å². The summed E-state index contributed by atoms with van der Waals surface area (Å²) in [5.41, 5.74) is 2.19. The van der Waals surface area contributed by atoms with Crippen molar-refractivity contribution in [2.45, 2.75) is 18.2 Å². The summed E-state index contributed by atoms with van der Waals surface area (Å²) in [5, 5.41) is 2.82. The number of hydrogen-bond donors (Lipinski definition) is 1. The number of benzene rings is 3. The van der Waals surface area contributed by atoms with Crippen molar-refractivity contribution in [2.24, 2.45) is 0 Å². The fraction of sp³-hybridized carbons (Fsp3) is 0.240. The third kappa shape index (κ3) is 6.04. The molecule has 0 aromatic heterocycles. The van der Waals surface area contributed by atoms with Gasteiger partial charge in [0.1, 0.15) is 18.0 Å². The first-order chi connectivity index (χ1) is 15.8. The van der Waals surface area contributed by atoms with Crippen LogP contribution < -0.4 is 19.1 Å². The van der Waals surface area contributed by atoms with Crippen molar-refractivity contribution in [1.29, 1.82) is 0 Å². The van der Waals surface area contributed by atoms with Crippen LogP contribution in [0.2, 0.25) is 0 Å². The molecule has 0 atom stereocenters. The van der Waals surface area contributed by atoms with Gasteiger partial charge in [0, 0.05) is 6.54 Å². The molecule has 0 fully saturated rings. The zero-order chi connectivity index (χ0) is 23.8. The van der Waals surface area contributed by atoms with Gasteiger partial charge in [0.15, 0.2) is 0 Å². The molecule has 0 heterocycles. The lowest BCUT2D eigenvalue weighted by molar-refractivity contribution is -0.119. The quantitative estimate of drug-likeness (QED) is 0.492. The molecular weight excluding hydrogens is 440 g/mol. The van der Waals surface area contributed by atoms with Crippen LogP contribution in [0.5, 0.6) is 11.5 Å². The predicted octanol–water partition coefficient (Wildman–Crippen LogP) is 3.57. The van der Waals surface area contributed by atoms with Gasteiger partial charge in [-0.25, -0.2) is 8.42 Å². The molecule has 0 aliphatic rings. The van der Waals surface area contributed by atoms with Crippen molar-refractivity contribution >= 4 is 21.6 Å². The smallest absolute Gasteiger partial charge is 0.264 e. The standard InChI is InChI=1S/C25H28N2O5S/c1-19-9-14-24(32-3)23(17-19)27(33(29,30)22-7-5-4-6-8-22)18-25(28)26-16-15-20-10-12-21(31-2)13-11-20/h4-14,17H,15-16,18H2,1-3H3,(H,26,28). The highest BCUT2D eigenvalue weighted by Gasteiger charge is 2.29. The van der Waals surface area contributed by atoms with Crippen LogP contribution in [0.4, 0.5) is 5.69 Å². The normalized spacial score (nSPS) is 11.0. The van der Waals surface area contributed by atoms with Crippen LogP contribution >= 0.6 is 0 Å². The molecule has 7 nitrogen and oxygen atoms in total. The minimum absolute atomic E-state index is 0.0968. The molecule has 3 rings (SSSR count). The van der Waals surface area contributed by atoms with E-state index in [-0.39, 0.29) is 11.4 Å². The molecular formula is C25H28N2O5S. The van der Waals surface area contributed by atoms with Gasteiger partial charge in [-0.15, -0.1) is 0 Å². The minimum atomic E-state index is -4.00. The van der Waals surface area contributed by atoms with Gasteiger partial charge in [0.25, 0.3) is 10.0 Å². The maximum absolute atomic E-state index is 13.5. The Kier molecular flexibility index (Phi) is 7.95. The molecule has 0 spiro atoms. The average Bonchev–Trinajstić information content (AvgIpc) is 2.83. The second kappa shape index (κ2) is 10.9. The van der Waals surface area contributed by atoms with Crippen molar-refractivity contribution in [3.05, 3.63) is 83.9 Å². The maximum atomic E-state index is 13.5. The van der Waals surface area contributed by atoms with E-state index in [0.29, 0.717) is 24.4 Å². The number of anilines is 1. The summed E-state index contributed by atoms with van der Waals surface area (Å²) in [7, 11) is -0.931. The van der Waals surface area contributed by atoms with Crippen LogP contribution in [0.1, 0.15) is 11.1 Å². The fourth-order valence-electron chi connectivity index (χ4n) is 3.34. The van der Waals surface area contributed by atoms with E-state index in [1.165, 1.54) is 19.2 Å². The molecule has 0 unspecified atom stereocenters. The molecule has 1 amide bonds. The fourth-order valence-corrected chi connectivity index (χ4v) is 4.78. The number of nitrogens with zero attached hydrogens (tertiary/aromatic N) is 1. The lowest BCUT2D eigenvalue weighted by Gasteiger charge is -2.26. The Morgan fingerprint density at radius 1 is 0.939 bits per heavy atom. The van der Waals surface area contributed by atoms with Gasteiger partial charge in [-0.05, 0) is 60.9 Å². The van der Waals surface area contributed by atoms with Crippen LogP contribution in [0.3, 0.4) is 0 Å². The molecule has 0 radical (unpaired) electrons. The molecule has 0 saturated heterocycles. The number of rotatable bonds is 10. The number of hydrogen-bond acceptors (Lipinski definition) is 5. The molecule has 8 heteroatoms. The third-order valence-corrected chi connectivity index (χ3v) is 6.89. The number of carbonyl (C=O) groups is 1. The van der Waals surface area contributed by atoms with Gasteiger partial charge < -0.3 is 14.8 Å². The number of amides is 1. The predicted molar refractivity (Wildman–Crippen MR) is 128 cm³/mol. The molecule has 0 bridgehead atoms. The van der Waals surface area contributed by atoms with Crippen molar-refractivity contribution < 1.29 is 22.7 Å². The van der Waals surface area contributed by atoms with E-state index in [4.69, 9.17) is 9.47 Å². The summed E-state index contributed by atoms with van der Waals surface area (Å²) >= 11 is 0. The summed E-state index contributed by atoms with van der Waals surface area (Å²) < 4.78 is 38.6. The second-order valence-electron chi connectivity index (χ2n) is 7.45. The zero-order valence-electron chi connectivity index (χ0n) is 18.9. The molecule has 174 valence electrons. The van der Waals surface area contributed by atoms with E-state index in [2.05, 4.69) is 5.32 Å². The van der Waals surface area contributed by atoms with Crippen LogP contribution in [-0.4, -0.2) is 41.6 Å². The summed E-state index contributed by atoms with van der Waals surface area (Å²) in [6.07, 6.45) is 0.606. The highest BCUT2D eigenvalue weighted by molar-refractivity contribution is 7.92. The number of nitrogens with one attached hydrogen (secondary N) is 1. The Bertz CT molecular complexity index is 1180. The molecule has 3 aromatic carbocycles. The molecule has 33 heavy (non-hydrogen) atoms. The molecule has 0 aliphatic carbocycles. The lowest BCUT2D eigenvalue weighted by atomic mass is 10.1. The van der Waals surface area contributed by atoms with E-state index in [0.717, 1.165) is 21.2 Å². The lowest BCUT2D eigenvalue weighted by Crippen LogP contribution is -2.41. The third-order valence-electron chi connectivity index (χ3n) is 5.12.